The van der Waals surface area contributed by atoms with Gasteiger partial charge in [0, 0.05) is 31.0 Å². The molecule has 17 heavy (non-hydrogen) atoms. The summed E-state index contributed by atoms with van der Waals surface area (Å²) >= 11 is 2.83. The van der Waals surface area contributed by atoms with Gasteiger partial charge in [0.25, 0.3) is 0 Å². The van der Waals surface area contributed by atoms with Crippen molar-refractivity contribution < 1.29 is 4.79 Å². The number of thiazole rings is 1. The van der Waals surface area contributed by atoms with Crippen LogP contribution in [0.3, 0.4) is 0 Å². The second-order valence-electron chi connectivity index (χ2n) is 3.41. The Bertz CT molecular complexity index is 494. The van der Waals surface area contributed by atoms with Crippen LogP contribution >= 0.6 is 23.1 Å². The Balaban J connectivity index is 1.94. The maximum Gasteiger partial charge on any atom is 0.239 e. The fourth-order valence-corrected chi connectivity index (χ4v) is 2.53. The van der Waals surface area contributed by atoms with E-state index in [0.29, 0.717) is 5.13 Å². The van der Waals surface area contributed by atoms with Crippen LogP contribution in [0.2, 0.25) is 0 Å². The molecule has 0 unspecified atom stereocenters. The van der Waals surface area contributed by atoms with Crippen molar-refractivity contribution in [1.29, 1.82) is 0 Å². The van der Waals surface area contributed by atoms with E-state index in [4.69, 9.17) is 0 Å². The number of nitrogens with zero attached hydrogens (tertiary/aromatic N) is 3. The largest absolute Gasteiger partial charge is 0.329 e. The van der Waals surface area contributed by atoms with Crippen molar-refractivity contribution in [3.63, 3.8) is 0 Å². The van der Waals surface area contributed by atoms with Crippen LogP contribution in [0.1, 0.15) is 6.92 Å². The van der Waals surface area contributed by atoms with E-state index in [2.05, 4.69) is 15.3 Å². The summed E-state index contributed by atoms with van der Waals surface area (Å²) in [7, 11) is 1.90. The van der Waals surface area contributed by atoms with Crippen molar-refractivity contribution in [3.05, 3.63) is 24.0 Å². The van der Waals surface area contributed by atoms with E-state index in [1.165, 1.54) is 23.1 Å². The van der Waals surface area contributed by atoms with Gasteiger partial charge in [0.05, 0.1) is 5.25 Å². The number of carbonyl (C=O) groups is 1. The number of anilines is 1. The van der Waals surface area contributed by atoms with Crippen molar-refractivity contribution in [2.24, 2.45) is 7.05 Å². The van der Waals surface area contributed by atoms with Crippen LogP contribution in [0.4, 0.5) is 5.13 Å². The lowest BCUT2D eigenvalue weighted by atomic mass is 10.4. The number of amides is 1. The zero-order valence-electron chi connectivity index (χ0n) is 9.45. The van der Waals surface area contributed by atoms with Gasteiger partial charge in [0.15, 0.2) is 10.3 Å². The summed E-state index contributed by atoms with van der Waals surface area (Å²) in [6.45, 7) is 1.85. The van der Waals surface area contributed by atoms with Gasteiger partial charge in [-0.1, -0.05) is 11.8 Å². The lowest BCUT2D eigenvalue weighted by Crippen LogP contribution is -2.22. The molecule has 7 heteroatoms. The fourth-order valence-electron chi connectivity index (χ4n) is 1.17. The standard InChI is InChI=1S/C10H12N4OS2/c1-7(17-10-12-3-5-14(10)2)8(15)13-9-11-4-6-16-9/h3-7H,1-2H3,(H,11,13,15)/t7-/m1/s1. The summed E-state index contributed by atoms with van der Waals surface area (Å²) in [6.07, 6.45) is 5.23. The molecule has 5 nitrogen and oxygen atoms in total. The maximum absolute atomic E-state index is 11.8. The molecule has 0 aromatic carbocycles. The van der Waals surface area contributed by atoms with Crippen LogP contribution in [-0.2, 0) is 11.8 Å². The minimum absolute atomic E-state index is 0.0621. The first kappa shape index (κ1) is 12.1. The van der Waals surface area contributed by atoms with Gasteiger partial charge in [-0.2, -0.15) is 0 Å². The molecular weight excluding hydrogens is 256 g/mol. The molecule has 0 bridgehead atoms. The van der Waals surface area contributed by atoms with Gasteiger partial charge in [0.2, 0.25) is 5.91 Å². The Labute approximate surface area is 107 Å². The molecule has 0 saturated carbocycles. The smallest absolute Gasteiger partial charge is 0.239 e. The first-order valence-electron chi connectivity index (χ1n) is 5.01. The summed E-state index contributed by atoms with van der Waals surface area (Å²) in [5.74, 6) is -0.0621. The van der Waals surface area contributed by atoms with Gasteiger partial charge in [-0.3, -0.25) is 4.79 Å². The molecule has 2 aromatic heterocycles. The second kappa shape index (κ2) is 5.33. The predicted octanol–water partition coefficient (Wildman–Crippen LogP) is 2.00. The van der Waals surface area contributed by atoms with Crippen molar-refractivity contribution in [2.45, 2.75) is 17.3 Å². The molecule has 1 atom stereocenters. The molecule has 0 fully saturated rings. The van der Waals surface area contributed by atoms with Gasteiger partial charge in [-0.25, -0.2) is 9.97 Å². The number of aromatic nitrogens is 3. The van der Waals surface area contributed by atoms with Gasteiger partial charge in [0.1, 0.15) is 0 Å². The average molecular weight is 268 g/mol. The summed E-state index contributed by atoms with van der Waals surface area (Å²) in [4.78, 5) is 20.0. The molecule has 0 saturated heterocycles. The summed E-state index contributed by atoms with van der Waals surface area (Å²) < 4.78 is 1.89. The molecule has 2 heterocycles. The van der Waals surface area contributed by atoms with Crippen LogP contribution < -0.4 is 5.32 Å². The van der Waals surface area contributed by atoms with E-state index in [1.54, 1.807) is 12.4 Å². The first-order valence-corrected chi connectivity index (χ1v) is 6.77. The highest BCUT2D eigenvalue weighted by Gasteiger charge is 2.17. The van der Waals surface area contributed by atoms with Crippen molar-refractivity contribution >= 4 is 34.1 Å². The maximum atomic E-state index is 11.8. The summed E-state index contributed by atoms with van der Waals surface area (Å²) in [5, 5.41) is 5.83. The van der Waals surface area contributed by atoms with Crippen LogP contribution in [0, 0.1) is 0 Å². The Morgan fingerprint density at radius 1 is 1.53 bits per heavy atom. The van der Waals surface area contributed by atoms with E-state index >= 15 is 0 Å². The molecule has 0 aliphatic carbocycles. The van der Waals surface area contributed by atoms with Gasteiger partial charge < -0.3 is 9.88 Å². The lowest BCUT2D eigenvalue weighted by Gasteiger charge is -2.09. The Morgan fingerprint density at radius 3 is 2.94 bits per heavy atom. The number of nitrogens with one attached hydrogen (secondary N) is 1. The van der Waals surface area contributed by atoms with Crippen LogP contribution in [0.15, 0.2) is 29.1 Å². The molecule has 0 spiro atoms. The minimum atomic E-state index is -0.208. The molecule has 1 amide bonds. The second-order valence-corrected chi connectivity index (χ2v) is 5.61. The van der Waals surface area contributed by atoms with E-state index in [0.717, 1.165) is 5.16 Å². The van der Waals surface area contributed by atoms with Gasteiger partial charge >= 0.3 is 0 Å². The highest BCUT2D eigenvalue weighted by molar-refractivity contribution is 8.00. The number of imidazole rings is 1. The highest BCUT2D eigenvalue weighted by Crippen LogP contribution is 2.22. The molecule has 0 aliphatic heterocycles. The molecule has 90 valence electrons. The summed E-state index contributed by atoms with van der Waals surface area (Å²) in [6, 6.07) is 0. The van der Waals surface area contributed by atoms with Crippen molar-refractivity contribution in [3.8, 4) is 0 Å². The van der Waals surface area contributed by atoms with Crippen molar-refractivity contribution in [1.82, 2.24) is 14.5 Å². The Kier molecular flexibility index (Phi) is 3.80. The number of thioether (sulfide) groups is 1. The molecule has 2 rings (SSSR count). The van der Waals surface area contributed by atoms with E-state index in [1.807, 2.05) is 30.1 Å². The number of aryl methyl sites for hydroxylation is 1. The SMILES string of the molecule is C[C@@H](Sc1nccn1C)C(=O)Nc1nccs1. The third kappa shape index (κ3) is 3.07. The number of hydrogen-bond acceptors (Lipinski definition) is 5. The zero-order chi connectivity index (χ0) is 12.3. The van der Waals surface area contributed by atoms with Crippen LogP contribution in [-0.4, -0.2) is 25.7 Å². The first-order chi connectivity index (χ1) is 8.16. The van der Waals surface area contributed by atoms with Crippen LogP contribution in [0.25, 0.3) is 0 Å². The van der Waals surface area contributed by atoms with Crippen LogP contribution in [0.5, 0.6) is 0 Å². The molecule has 0 aliphatic rings. The third-order valence-electron chi connectivity index (χ3n) is 2.09. The fraction of sp³-hybridized carbons (Fsp3) is 0.300. The normalized spacial score (nSPS) is 12.4. The van der Waals surface area contributed by atoms with Crippen molar-refractivity contribution in [2.75, 3.05) is 5.32 Å². The number of carbonyl (C=O) groups excluding carboxylic acids is 1. The van der Waals surface area contributed by atoms with Gasteiger partial charge in [-0.05, 0) is 6.92 Å². The minimum Gasteiger partial charge on any atom is -0.329 e. The highest BCUT2D eigenvalue weighted by atomic mass is 32.2. The molecule has 2 aromatic rings. The van der Waals surface area contributed by atoms with E-state index in [-0.39, 0.29) is 11.2 Å². The van der Waals surface area contributed by atoms with E-state index in [9.17, 15) is 4.79 Å². The average Bonchev–Trinajstić information content (AvgIpc) is 2.91. The quantitative estimate of drug-likeness (QED) is 0.862. The predicted molar refractivity (Wildman–Crippen MR) is 69.3 cm³/mol. The Hall–Kier alpha value is -1.34. The zero-order valence-corrected chi connectivity index (χ0v) is 11.1. The number of rotatable bonds is 4. The molecule has 1 N–H and O–H groups in total. The molecular formula is C10H12N4OS2. The Morgan fingerprint density at radius 2 is 2.35 bits per heavy atom. The lowest BCUT2D eigenvalue weighted by molar-refractivity contribution is -0.115. The van der Waals surface area contributed by atoms with E-state index < -0.39 is 0 Å². The summed E-state index contributed by atoms with van der Waals surface area (Å²) in [5.41, 5.74) is 0. The third-order valence-corrected chi connectivity index (χ3v) is 3.95. The topological polar surface area (TPSA) is 59.8 Å². The van der Waals surface area contributed by atoms with Gasteiger partial charge in [-0.15, -0.1) is 11.3 Å². The molecule has 0 radical (unpaired) electrons. The monoisotopic (exact) mass is 268 g/mol. The number of hydrogen-bond donors (Lipinski definition) is 1.